The minimum atomic E-state index is 0.724. The van der Waals surface area contributed by atoms with E-state index in [2.05, 4.69) is 26.2 Å². The zero-order valence-corrected chi connectivity index (χ0v) is 9.59. The van der Waals surface area contributed by atoms with Crippen molar-refractivity contribution in [1.29, 1.82) is 0 Å². The highest BCUT2D eigenvalue weighted by atomic mass is 35.5. The Morgan fingerprint density at radius 2 is 1.86 bits per heavy atom. The molecule has 76 valence electrons. The second-order valence-corrected chi connectivity index (χ2v) is 5.32. The smallest absolute Gasteiger partial charge is 0.0854 e. The lowest BCUT2D eigenvalue weighted by Gasteiger charge is -2.23. The minimum absolute atomic E-state index is 0.724. The lowest BCUT2D eigenvalue weighted by atomic mass is 9.99. The maximum absolute atomic E-state index is 5.87. The van der Waals surface area contributed by atoms with Crippen LogP contribution in [0.4, 0.5) is 0 Å². The molecule has 1 saturated heterocycles. The molecule has 2 rings (SSSR count). The molecule has 0 aliphatic carbocycles. The van der Waals surface area contributed by atoms with E-state index in [0.717, 1.165) is 15.4 Å². The predicted octanol–water partition coefficient (Wildman–Crippen LogP) is 2.90. The third-order valence-corrected chi connectivity index (χ3v) is 3.39. The molecular weight excluding hydrogens is 194 g/mol. The number of likely N-dealkylation sites (N-methyl/N-ethyl adjacent to an activating group) is 1. The van der Waals surface area contributed by atoms with Crippen molar-refractivity contribution in [3.63, 3.8) is 0 Å². The number of nitrogens with zero attached hydrogens (tertiary/aromatic N) is 1. The lowest BCUT2D eigenvalue weighted by Crippen LogP contribution is -2.36. The topological polar surface area (TPSA) is 0 Å². The van der Waals surface area contributed by atoms with Crippen molar-refractivity contribution in [3.8, 4) is 0 Å². The first-order valence-electron chi connectivity index (χ1n) is 5.14. The number of rotatable bonds is 1. The van der Waals surface area contributed by atoms with Crippen LogP contribution in [0.2, 0.25) is 5.02 Å². The van der Waals surface area contributed by atoms with Gasteiger partial charge in [-0.1, -0.05) is 23.7 Å². The third-order valence-electron chi connectivity index (χ3n) is 3.14. The molecule has 14 heavy (non-hydrogen) atoms. The molecule has 1 unspecified atom stereocenters. The van der Waals surface area contributed by atoms with Gasteiger partial charge in [-0.2, -0.15) is 0 Å². The van der Waals surface area contributed by atoms with E-state index >= 15 is 0 Å². The maximum Gasteiger partial charge on any atom is 0.0854 e. The second kappa shape index (κ2) is 3.56. The standard InChI is InChI=1S/C12H17ClN/c1-14(2)8-7-11(9-14)10-3-5-12(13)6-4-10/h3-6,11H,7-9H2,1-2H3/q+1. The summed E-state index contributed by atoms with van der Waals surface area (Å²) in [6.45, 7) is 2.54. The molecule has 0 radical (unpaired) electrons. The number of hydrogen-bond acceptors (Lipinski definition) is 0. The molecule has 0 amide bonds. The fourth-order valence-electron chi connectivity index (χ4n) is 2.29. The molecule has 1 aliphatic heterocycles. The van der Waals surface area contributed by atoms with E-state index in [-0.39, 0.29) is 0 Å². The first kappa shape index (κ1) is 10.0. The van der Waals surface area contributed by atoms with Gasteiger partial charge in [-0.15, -0.1) is 0 Å². The van der Waals surface area contributed by atoms with Crippen LogP contribution in [0.15, 0.2) is 24.3 Å². The van der Waals surface area contributed by atoms with Crippen molar-refractivity contribution < 1.29 is 4.48 Å². The largest absolute Gasteiger partial charge is 0.328 e. The van der Waals surface area contributed by atoms with Gasteiger partial charge in [0.25, 0.3) is 0 Å². The van der Waals surface area contributed by atoms with Crippen LogP contribution in [-0.4, -0.2) is 31.7 Å². The molecule has 0 N–H and O–H groups in total. The molecule has 0 bridgehead atoms. The lowest BCUT2D eigenvalue weighted by molar-refractivity contribution is -0.878. The Morgan fingerprint density at radius 1 is 1.21 bits per heavy atom. The summed E-state index contributed by atoms with van der Waals surface area (Å²) in [6.07, 6.45) is 1.30. The highest BCUT2D eigenvalue weighted by molar-refractivity contribution is 6.30. The molecule has 0 saturated carbocycles. The van der Waals surface area contributed by atoms with E-state index in [0.29, 0.717) is 0 Å². The highest BCUT2D eigenvalue weighted by Crippen LogP contribution is 2.30. The van der Waals surface area contributed by atoms with Crippen LogP contribution in [0.1, 0.15) is 17.9 Å². The molecule has 2 heteroatoms. The Kier molecular flexibility index (Phi) is 2.54. The van der Waals surface area contributed by atoms with E-state index in [9.17, 15) is 0 Å². The van der Waals surface area contributed by atoms with Gasteiger partial charge >= 0.3 is 0 Å². The summed E-state index contributed by atoms with van der Waals surface area (Å²) in [5, 5.41) is 0.834. The van der Waals surface area contributed by atoms with Crippen LogP contribution in [0.3, 0.4) is 0 Å². The Morgan fingerprint density at radius 3 is 2.36 bits per heavy atom. The Balaban J connectivity index is 2.14. The van der Waals surface area contributed by atoms with Crippen molar-refractivity contribution in [2.75, 3.05) is 27.2 Å². The molecule has 1 heterocycles. The quantitative estimate of drug-likeness (QED) is 0.626. The molecule has 1 atom stereocenters. The Bertz CT molecular complexity index is 316. The summed E-state index contributed by atoms with van der Waals surface area (Å²) in [7, 11) is 4.60. The number of quaternary nitrogens is 1. The number of hydrogen-bond donors (Lipinski definition) is 0. The van der Waals surface area contributed by atoms with Crippen molar-refractivity contribution >= 4 is 11.6 Å². The van der Waals surface area contributed by atoms with Gasteiger partial charge in [0.1, 0.15) is 0 Å². The zero-order valence-electron chi connectivity index (χ0n) is 8.83. The number of likely N-dealkylation sites (tertiary alicyclic amines) is 1. The first-order valence-corrected chi connectivity index (χ1v) is 5.52. The van der Waals surface area contributed by atoms with E-state index in [4.69, 9.17) is 11.6 Å². The fourth-order valence-corrected chi connectivity index (χ4v) is 2.42. The van der Waals surface area contributed by atoms with Crippen LogP contribution in [-0.2, 0) is 0 Å². The summed E-state index contributed by atoms with van der Waals surface area (Å²) in [5.74, 6) is 0.724. The van der Waals surface area contributed by atoms with E-state index in [1.807, 2.05) is 12.1 Å². The first-order chi connectivity index (χ1) is 6.57. The molecule has 1 nitrogen and oxygen atoms in total. The zero-order chi connectivity index (χ0) is 10.2. The molecule has 0 spiro atoms. The second-order valence-electron chi connectivity index (χ2n) is 4.88. The average Bonchev–Trinajstić information content (AvgIpc) is 2.47. The van der Waals surface area contributed by atoms with Gasteiger partial charge < -0.3 is 4.48 Å². The van der Waals surface area contributed by atoms with Gasteiger partial charge in [0, 0.05) is 17.4 Å². The number of benzene rings is 1. The average molecular weight is 211 g/mol. The van der Waals surface area contributed by atoms with Gasteiger partial charge in [-0.05, 0) is 17.7 Å². The van der Waals surface area contributed by atoms with Crippen LogP contribution in [0.25, 0.3) is 0 Å². The van der Waals surface area contributed by atoms with Crippen molar-refractivity contribution in [3.05, 3.63) is 34.9 Å². The van der Waals surface area contributed by atoms with Crippen molar-refractivity contribution in [2.24, 2.45) is 0 Å². The van der Waals surface area contributed by atoms with Crippen molar-refractivity contribution in [1.82, 2.24) is 0 Å². The van der Waals surface area contributed by atoms with E-state index in [1.54, 1.807) is 0 Å². The summed E-state index contributed by atoms with van der Waals surface area (Å²) < 4.78 is 1.15. The normalized spacial score (nSPS) is 25.2. The number of halogens is 1. The van der Waals surface area contributed by atoms with Crippen molar-refractivity contribution in [2.45, 2.75) is 12.3 Å². The summed E-state index contributed by atoms with van der Waals surface area (Å²) >= 11 is 5.87. The van der Waals surface area contributed by atoms with Gasteiger partial charge in [0.2, 0.25) is 0 Å². The highest BCUT2D eigenvalue weighted by Gasteiger charge is 2.31. The van der Waals surface area contributed by atoms with Gasteiger partial charge in [-0.3, -0.25) is 0 Å². The van der Waals surface area contributed by atoms with Crippen LogP contribution < -0.4 is 0 Å². The monoisotopic (exact) mass is 210 g/mol. The van der Waals surface area contributed by atoms with E-state index in [1.165, 1.54) is 25.1 Å². The summed E-state index contributed by atoms with van der Waals surface area (Å²) in [6, 6.07) is 8.32. The summed E-state index contributed by atoms with van der Waals surface area (Å²) in [5.41, 5.74) is 1.44. The van der Waals surface area contributed by atoms with Gasteiger partial charge in [0.15, 0.2) is 0 Å². The van der Waals surface area contributed by atoms with Crippen LogP contribution >= 0.6 is 11.6 Å². The Labute approximate surface area is 90.9 Å². The van der Waals surface area contributed by atoms with E-state index < -0.39 is 0 Å². The van der Waals surface area contributed by atoms with Gasteiger partial charge in [0.05, 0.1) is 27.2 Å². The SMILES string of the molecule is C[N+]1(C)CCC(c2ccc(Cl)cc2)C1. The minimum Gasteiger partial charge on any atom is -0.328 e. The summed E-state index contributed by atoms with van der Waals surface area (Å²) in [4.78, 5) is 0. The Hall–Kier alpha value is -0.530. The van der Waals surface area contributed by atoms with Crippen LogP contribution in [0.5, 0.6) is 0 Å². The van der Waals surface area contributed by atoms with Gasteiger partial charge in [-0.25, -0.2) is 0 Å². The van der Waals surface area contributed by atoms with Crippen LogP contribution in [0, 0.1) is 0 Å². The molecule has 1 aliphatic rings. The molecule has 1 aromatic rings. The molecule has 1 fully saturated rings. The fraction of sp³-hybridized carbons (Fsp3) is 0.500. The third kappa shape index (κ3) is 2.10. The maximum atomic E-state index is 5.87. The predicted molar refractivity (Wildman–Crippen MR) is 60.7 cm³/mol. The molecule has 0 aromatic heterocycles. The molecular formula is C12H17ClN+. The molecule has 1 aromatic carbocycles.